The van der Waals surface area contributed by atoms with Gasteiger partial charge in [-0.3, -0.25) is 0 Å². The van der Waals surface area contributed by atoms with Crippen LogP contribution in [0.4, 0.5) is 17.1 Å². The number of rotatable bonds is 7. The normalized spacial score (nSPS) is 11.3. The molecule has 0 saturated carbocycles. The van der Waals surface area contributed by atoms with Crippen molar-refractivity contribution in [2.75, 3.05) is 4.90 Å². The fourth-order valence-corrected chi connectivity index (χ4v) is 4.49. The molecule has 5 aromatic rings. The summed E-state index contributed by atoms with van der Waals surface area (Å²) in [4.78, 5) is 2.27. The number of nitrogens with zero attached hydrogens (tertiary/aromatic N) is 1. The van der Waals surface area contributed by atoms with Crippen molar-refractivity contribution in [3.8, 4) is 0 Å². The van der Waals surface area contributed by atoms with E-state index in [9.17, 15) is 0 Å². The fraction of sp³-hybridized carbons (Fsp3) is 0. The van der Waals surface area contributed by atoms with E-state index in [2.05, 4.69) is 143 Å². The van der Waals surface area contributed by atoms with Gasteiger partial charge in [-0.05, 0) is 81.5 Å². The third-order valence-electron chi connectivity index (χ3n) is 5.57. The maximum atomic E-state index is 2.27. The third kappa shape index (κ3) is 5.43. The number of thiophene rings is 1. The van der Waals surface area contributed by atoms with Crippen LogP contribution in [0.25, 0.3) is 24.3 Å². The summed E-state index contributed by atoms with van der Waals surface area (Å²) in [5.74, 6) is 0. The van der Waals surface area contributed by atoms with E-state index in [0.717, 1.165) is 17.1 Å². The summed E-state index contributed by atoms with van der Waals surface area (Å²) in [6.07, 6.45) is 8.66. The minimum atomic E-state index is 1.13. The van der Waals surface area contributed by atoms with Crippen molar-refractivity contribution in [3.05, 3.63) is 148 Å². The molecule has 0 N–H and O–H groups in total. The van der Waals surface area contributed by atoms with Crippen molar-refractivity contribution >= 4 is 52.7 Å². The summed E-state index contributed by atoms with van der Waals surface area (Å²) in [5.41, 5.74) is 8.22. The van der Waals surface area contributed by atoms with Gasteiger partial charge in [-0.15, -0.1) is 0 Å². The molecule has 0 aliphatic heterocycles. The molecule has 0 amide bonds. The Morgan fingerprint density at radius 2 is 0.971 bits per heavy atom. The molecule has 0 unspecified atom stereocenters. The lowest BCUT2D eigenvalue weighted by atomic mass is 10.1. The maximum Gasteiger partial charge on any atom is 0.0462 e. The van der Waals surface area contributed by atoms with Crippen LogP contribution >= 0.6 is 11.3 Å². The minimum Gasteiger partial charge on any atom is -0.311 e. The lowest BCUT2D eigenvalue weighted by Crippen LogP contribution is -2.09. The second-order valence-corrected chi connectivity index (χ2v) is 8.77. The first-order valence-corrected chi connectivity index (χ1v) is 12.3. The second kappa shape index (κ2) is 10.7. The molecule has 4 aromatic carbocycles. The van der Waals surface area contributed by atoms with Crippen LogP contribution in [0.5, 0.6) is 0 Å². The van der Waals surface area contributed by atoms with Crippen molar-refractivity contribution in [1.29, 1.82) is 0 Å². The molecule has 0 spiro atoms. The second-order valence-electron chi connectivity index (χ2n) is 7.99. The number of benzene rings is 4. The van der Waals surface area contributed by atoms with Gasteiger partial charge in [-0.1, -0.05) is 91.0 Å². The molecular formula is C32H25NS. The van der Waals surface area contributed by atoms with Gasteiger partial charge in [0.1, 0.15) is 0 Å². The number of hydrogen-bond donors (Lipinski definition) is 0. The van der Waals surface area contributed by atoms with E-state index in [1.54, 1.807) is 11.3 Å². The number of para-hydroxylation sites is 2. The summed E-state index contributed by atoms with van der Waals surface area (Å²) in [5, 5.41) is 4.25. The van der Waals surface area contributed by atoms with E-state index in [4.69, 9.17) is 0 Å². The van der Waals surface area contributed by atoms with Crippen LogP contribution in [0.3, 0.4) is 0 Å². The monoisotopic (exact) mass is 455 g/mol. The molecule has 0 aliphatic rings. The first-order valence-electron chi connectivity index (χ1n) is 11.3. The maximum absolute atomic E-state index is 2.27. The van der Waals surface area contributed by atoms with Gasteiger partial charge in [0, 0.05) is 17.1 Å². The first-order chi connectivity index (χ1) is 16.8. The lowest BCUT2D eigenvalue weighted by molar-refractivity contribution is 1.28. The zero-order chi connectivity index (χ0) is 23.0. The van der Waals surface area contributed by atoms with E-state index in [1.165, 1.54) is 22.3 Å². The highest BCUT2D eigenvalue weighted by atomic mass is 32.1. The average Bonchev–Trinajstić information content (AvgIpc) is 3.43. The third-order valence-corrected chi connectivity index (χ3v) is 6.27. The minimum absolute atomic E-state index is 1.13. The first kappa shape index (κ1) is 21.7. The summed E-state index contributed by atoms with van der Waals surface area (Å²) in [6.45, 7) is 0. The van der Waals surface area contributed by atoms with Crippen LogP contribution in [0.1, 0.15) is 22.3 Å². The standard InChI is InChI=1S/C32H25NS/c1-3-10-30(11-4-1)33(31-12-5-2-6-13-31)32-20-18-26(19-21-32)14-15-27-8-7-9-28(24-27)16-17-29-22-23-34-25-29/h1-25H/b15-14+,17-16+. The highest BCUT2D eigenvalue weighted by Gasteiger charge is 2.11. The molecule has 5 rings (SSSR count). The van der Waals surface area contributed by atoms with Gasteiger partial charge >= 0.3 is 0 Å². The van der Waals surface area contributed by atoms with Crippen LogP contribution in [0, 0.1) is 0 Å². The molecule has 0 radical (unpaired) electrons. The van der Waals surface area contributed by atoms with Crippen LogP contribution in [-0.2, 0) is 0 Å². The van der Waals surface area contributed by atoms with Crippen LogP contribution < -0.4 is 4.90 Å². The van der Waals surface area contributed by atoms with E-state index in [-0.39, 0.29) is 0 Å². The Morgan fingerprint density at radius 3 is 1.53 bits per heavy atom. The molecule has 0 fully saturated rings. The summed E-state index contributed by atoms with van der Waals surface area (Å²) in [6, 6.07) is 40.4. The van der Waals surface area contributed by atoms with Crippen molar-refractivity contribution in [1.82, 2.24) is 0 Å². The Morgan fingerprint density at radius 1 is 0.441 bits per heavy atom. The molecule has 0 atom stereocenters. The van der Waals surface area contributed by atoms with Crippen molar-refractivity contribution < 1.29 is 0 Å². The molecular weight excluding hydrogens is 430 g/mol. The lowest BCUT2D eigenvalue weighted by Gasteiger charge is -2.25. The fourth-order valence-electron chi connectivity index (χ4n) is 3.86. The van der Waals surface area contributed by atoms with Gasteiger partial charge in [-0.25, -0.2) is 0 Å². The van der Waals surface area contributed by atoms with Crippen LogP contribution in [0.2, 0.25) is 0 Å². The van der Waals surface area contributed by atoms with Crippen molar-refractivity contribution in [3.63, 3.8) is 0 Å². The van der Waals surface area contributed by atoms with Crippen molar-refractivity contribution in [2.24, 2.45) is 0 Å². The number of hydrogen-bond acceptors (Lipinski definition) is 2. The SMILES string of the molecule is C(=C\c1cccc(/C=C/c2ccsc2)c1)/c1ccc(N(c2ccccc2)c2ccccc2)cc1. The molecule has 2 heteroatoms. The highest BCUT2D eigenvalue weighted by molar-refractivity contribution is 7.08. The average molecular weight is 456 g/mol. The van der Waals surface area contributed by atoms with E-state index < -0.39 is 0 Å². The Bertz CT molecular complexity index is 1330. The predicted molar refractivity (Wildman–Crippen MR) is 150 cm³/mol. The van der Waals surface area contributed by atoms with Crippen LogP contribution in [0.15, 0.2) is 126 Å². The Balaban J connectivity index is 1.35. The summed E-state index contributed by atoms with van der Waals surface area (Å²) in [7, 11) is 0. The molecule has 164 valence electrons. The molecule has 1 heterocycles. The van der Waals surface area contributed by atoms with Crippen molar-refractivity contribution in [2.45, 2.75) is 0 Å². The summed E-state index contributed by atoms with van der Waals surface area (Å²) >= 11 is 1.72. The zero-order valence-electron chi connectivity index (χ0n) is 18.8. The predicted octanol–water partition coefficient (Wildman–Crippen LogP) is 9.56. The van der Waals surface area contributed by atoms with E-state index >= 15 is 0 Å². The van der Waals surface area contributed by atoms with E-state index in [1.807, 2.05) is 12.1 Å². The van der Waals surface area contributed by atoms with Crippen LogP contribution in [-0.4, -0.2) is 0 Å². The smallest absolute Gasteiger partial charge is 0.0462 e. The molecule has 0 aliphatic carbocycles. The molecule has 0 saturated heterocycles. The summed E-state index contributed by atoms with van der Waals surface area (Å²) < 4.78 is 0. The Hall–Kier alpha value is -4.14. The molecule has 34 heavy (non-hydrogen) atoms. The zero-order valence-corrected chi connectivity index (χ0v) is 19.6. The molecule has 1 nitrogen and oxygen atoms in total. The van der Waals surface area contributed by atoms with Gasteiger partial charge in [-0.2, -0.15) is 11.3 Å². The largest absolute Gasteiger partial charge is 0.311 e. The quantitative estimate of drug-likeness (QED) is 0.221. The van der Waals surface area contributed by atoms with E-state index in [0.29, 0.717) is 0 Å². The molecule has 0 bridgehead atoms. The van der Waals surface area contributed by atoms with Gasteiger partial charge in [0.05, 0.1) is 0 Å². The van der Waals surface area contributed by atoms with Gasteiger partial charge in [0.25, 0.3) is 0 Å². The number of anilines is 3. The molecule has 1 aromatic heterocycles. The Labute approximate surface area is 205 Å². The van der Waals surface area contributed by atoms with Gasteiger partial charge in [0.2, 0.25) is 0 Å². The Kier molecular flexibility index (Phi) is 6.80. The van der Waals surface area contributed by atoms with Gasteiger partial charge in [0.15, 0.2) is 0 Å². The topological polar surface area (TPSA) is 3.24 Å². The highest BCUT2D eigenvalue weighted by Crippen LogP contribution is 2.34. The van der Waals surface area contributed by atoms with Gasteiger partial charge < -0.3 is 4.90 Å².